The molecule has 6 rings (SSSR count). The molecule has 0 aliphatic heterocycles. The number of hydrogen-bond donors (Lipinski definition) is 0. The molecule has 0 unspecified atom stereocenters. The Morgan fingerprint density at radius 1 is 0.606 bits per heavy atom. The predicted octanol–water partition coefficient (Wildman–Crippen LogP) is 9.04. The van der Waals surface area contributed by atoms with Crippen molar-refractivity contribution >= 4 is 62.3 Å². The highest BCUT2D eigenvalue weighted by molar-refractivity contribution is 6.87. The fourth-order valence-corrected chi connectivity index (χ4v) is 7.70. The van der Waals surface area contributed by atoms with Crippen LogP contribution in [0.25, 0.3) is 54.3 Å². The van der Waals surface area contributed by atoms with Gasteiger partial charge < -0.3 is 8.83 Å². The Kier molecular flexibility index (Phi) is 4.60. The topological polar surface area (TPSA) is 26.3 Å². The summed E-state index contributed by atoms with van der Waals surface area (Å²) < 4.78 is 11.8. The Morgan fingerprint density at radius 3 is 1.73 bits per heavy atom. The molecule has 0 spiro atoms. The third-order valence-electron chi connectivity index (χ3n) is 7.60. The molecule has 3 heteroatoms. The van der Waals surface area contributed by atoms with Crippen molar-refractivity contribution in [3.63, 3.8) is 0 Å². The van der Waals surface area contributed by atoms with Gasteiger partial charge in [-0.15, -0.1) is 5.54 Å². The Morgan fingerprint density at radius 2 is 1.12 bits per heavy atom. The number of furan rings is 2. The molecule has 0 fully saturated rings. The number of fused-ring (bicyclic) bond motifs is 9. The van der Waals surface area contributed by atoms with E-state index in [4.69, 9.17) is 8.83 Å². The minimum atomic E-state index is -1.51. The van der Waals surface area contributed by atoms with E-state index in [1.54, 1.807) is 6.26 Å². The average molecular weight is 447 g/mol. The van der Waals surface area contributed by atoms with Gasteiger partial charge in [-0.05, 0) is 74.6 Å². The summed E-state index contributed by atoms with van der Waals surface area (Å²) in [5.74, 6) is 4.19. The van der Waals surface area contributed by atoms with Gasteiger partial charge in [0.05, 0.1) is 6.26 Å². The Bertz CT molecular complexity index is 1730. The van der Waals surface area contributed by atoms with Gasteiger partial charge >= 0.3 is 0 Å². The zero-order chi connectivity index (χ0) is 22.6. The van der Waals surface area contributed by atoms with Crippen molar-refractivity contribution in [1.29, 1.82) is 0 Å². The highest BCUT2D eigenvalue weighted by atomic mass is 28.3. The van der Waals surface area contributed by atoms with E-state index in [0.29, 0.717) is 0 Å². The predicted molar refractivity (Wildman–Crippen MR) is 143 cm³/mol. The molecule has 2 aromatic heterocycles. The van der Waals surface area contributed by atoms with Crippen LogP contribution in [0.2, 0.25) is 18.1 Å². The second-order valence-electron chi connectivity index (χ2n) is 8.99. The standard InChI is InChI=1S/C30H26O2Si/c1-4-33(5-2,6-3)18-16-20-19-28-26-10-8-21-22(24(26)12-14-30(28)32-20)7-9-25-23(21)11-13-29-27(25)15-17-31-29/h7-15,17,19H,4-6H2,1-3H3. The highest BCUT2D eigenvalue weighted by Crippen LogP contribution is 2.37. The van der Waals surface area contributed by atoms with E-state index in [-0.39, 0.29) is 0 Å². The van der Waals surface area contributed by atoms with Crippen molar-refractivity contribution in [3.8, 4) is 11.5 Å². The van der Waals surface area contributed by atoms with Gasteiger partial charge in [0.2, 0.25) is 0 Å². The SMILES string of the molecule is CC[Si](C#Cc1cc2c(ccc3c2ccc2c4ccc5occc5c4ccc32)o1)(CC)CC. The molecule has 162 valence electrons. The minimum Gasteiger partial charge on any atom is -0.464 e. The van der Waals surface area contributed by atoms with Gasteiger partial charge in [0, 0.05) is 16.8 Å². The molecule has 0 aliphatic rings. The van der Waals surface area contributed by atoms with Crippen LogP contribution in [0.15, 0.2) is 75.8 Å². The maximum Gasteiger partial charge on any atom is 0.177 e. The molecule has 2 heterocycles. The summed E-state index contributed by atoms with van der Waals surface area (Å²) in [6.45, 7) is 6.85. The number of rotatable bonds is 3. The molecule has 33 heavy (non-hydrogen) atoms. The molecule has 0 saturated carbocycles. The molecule has 0 saturated heterocycles. The van der Waals surface area contributed by atoms with Gasteiger partial charge in [0.25, 0.3) is 0 Å². The summed E-state index contributed by atoms with van der Waals surface area (Å²) in [6, 6.07) is 25.2. The Labute approximate surface area is 194 Å². The molecule has 2 nitrogen and oxygen atoms in total. The van der Waals surface area contributed by atoms with Crippen LogP contribution < -0.4 is 0 Å². The molecule has 0 amide bonds. The van der Waals surface area contributed by atoms with Crippen LogP contribution in [-0.4, -0.2) is 8.07 Å². The summed E-state index contributed by atoms with van der Waals surface area (Å²) in [4.78, 5) is 0. The Hall–Kier alpha value is -3.48. The van der Waals surface area contributed by atoms with Gasteiger partial charge in [0.1, 0.15) is 19.2 Å². The summed E-state index contributed by atoms with van der Waals surface area (Å²) in [6.07, 6.45) is 1.76. The second-order valence-corrected chi connectivity index (χ2v) is 13.9. The molecule has 0 radical (unpaired) electrons. The van der Waals surface area contributed by atoms with Gasteiger partial charge in [0.15, 0.2) is 5.76 Å². The van der Waals surface area contributed by atoms with Gasteiger partial charge in [-0.2, -0.15) is 0 Å². The zero-order valence-electron chi connectivity index (χ0n) is 19.3. The smallest absolute Gasteiger partial charge is 0.177 e. The monoisotopic (exact) mass is 446 g/mol. The van der Waals surface area contributed by atoms with E-state index in [2.05, 4.69) is 92.9 Å². The lowest BCUT2D eigenvalue weighted by Gasteiger charge is -2.19. The summed E-state index contributed by atoms with van der Waals surface area (Å²) in [5.41, 5.74) is 5.49. The van der Waals surface area contributed by atoms with Crippen LogP contribution in [0.3, 0.4) is 0 Å². The van der Waals surface area contributed by atoms with E-state index < -0.39 is 8.07 Å². The average Bonchev–Trinajstić information content (AvgIpc) is 3.51. The number of benzene rings is 4. The summed E-state index contributed by atoms with van der Waals surface area (Å²) in [7, 11) is -1.51. The van der Waals surface area contributed by atoms with Crippen LogP contribution in [0.4, 0.5) is 0 Å². The van der Waals surface area contributed by atoms with Crippen molar-refractivity contribution in [1.82, 2.24) is 0 Å². The molecular formula is C30H26O2Si. The third-order valence-corrected chi connectivity index (χ3v) is 12.3. The first kappa shape index (κ1) is 20.1. The lowest BCUT2D eigenvalue weighted by atomic mass is 9.95. The fraction of sp³-hybridized carbons (Fsp3) is 0.200. The molecule has 0 N–H and O–H groups in total. The minimum absolute atomic E-state index is 0.783. The first-order valence-electron chi connectivity index (χ1n) is 11.9. The van der Waals surface area contributed by atoms with Crippen molar-refractivity contribution in [2.45, 2.75) is 38.9 Å². The molecule has 0 bridgehead atoms. The van der Waals surface area contributed by atoms with E-state index in [0.717, 1.165) is 27.7 Å². The van der Waals surface area contributed by atoms with Crippen LogP contribution >= 0.6 is 0 Å². The van der Waals surface area contributed by atoms with E-state index in [1.165, 1.54) is 50.4 Å². The molecule has 0 atom stereocenters. The normalized spacial score (nSPS) is 12.2. The maximum atomic E-state index is 6.16. The van der Waals surface area contributed by atoms with Crippen molar-refractivity contribution in [2.75, 3.05) is 0 Å². The van der Waals surface area contributed by atoms with Crippen LogP contribution in [-0.2, 0) is 0 Å². The summed E-state index contributed by atoms with van der Waals surface area (Å²) >= 11 is 0. The molecule has 4 aromatic carbocycles. The van der Waals surface area contributed by atoms with Gasteiger partial charge in [-0.3, -0.25) is 0 Å². The number of hydrogen-bond acceptors (Lipinski definition) is 2. The largest absolute Gasteiger partial charge is 0.464 e. The molecular weight excluding hydrogens is 420 g/mol. The quantitative estimate of drug-likeness (QED) is 0.154. The summed E-state index contributed by atoms with van der Waals surface area (Å²) in [5, 5.41) is 9.75. The molecule has 6 aromatic rings. The van der Waals surface area contributed by atoms with Crippen molar-refractivity contribution in [2.24, 2.45) is 0 Å². The lowest BCUT2D eigenvalue weighted by Crippen LogP contribution is -2.29. The maximum absolute atomic E-state index is 6.16. The first-order chi connectivity index (χ1) is 16.2. The first-order valence-corrected chi connectivity index (χ1v) is 14.5. The fourth-order valence-electron chi connectivity index (χ4n) is 5.28. The van der Waals surface area contributed by atoms with Crippen molar-refractivity contribution < 1.29 is 8.83 Å². The van der Waals surface area contributed by atoms with Gasteiger partial charge in [-0.1, -0.05) is 57.2 Å². The highest BCUT2D eigenvalue weighted by Gasteiger charge is 2.24. The third kappa shape index (κ3) is 3.02. The Balaban J connectivity index is 1.56. The van der Waals surface area contributed by atoms with Crippen molar-refractivity contribution in [3.05, 3.63) is 72.7 Å². The van der Waals surface area contributed by atoms with Crippen LogP contribution in [0, 0.1) is 11.5 Å². The van der Waals surface area contributed by atoms with Crippen LogP contribution in [0.5, 0.6) is 0 Å². The van der Waals surface area contributed by atoms with E-state index in [1.807, 2.05) is 0 Å². The van der Waals surface area contributed by atoms with Crippen LogP contribution in [0.1, 0.15) is 26.5 Å². The van der Waals surface area contributed by atoms with Gasteiger partial charge in [-0.25, -0.2) is 0 Å². The second kappa shape index (κ2) is 7.54. The van der Waals surface area contributed by atoms with E-state index >= 15 is 0 Å². The molecule has 0 aliphatic carbocycles. The van der Waals surface area contributed by atoms with E-state index in [9.17, 15) is 0 Å². The zero-order valence-corrected chi connectivity index (χ0v) is 20.3. The lowest BCUT2D eigenvalue weighted by molar-refractivity contribution is 0.601.